The summed E-state index contributed by atoms with van der Waals surface area (Å²) in [5, 5.41) is 0. The number of carbonyl (C=O) groups is 5. The van der Waals surface area contributed by atoms with Crippen molar-refractivity contribution >= 4 is 52.6 Å². The van der Waals surface area contributed by atoms with E-state index in [1.165, 1.54) is 167 Å². The zero-order valence-corrected chi connectivity index (χ0v) is 55.1. The molecule has 5 amide bonds. The maximum atomic E-state index is 14.1. The topological polar surface area (TPSA) is 129 Å². The first-order chi connectivity index (χ1) is 39.5. The molecule has 6 saturated carbocycles. The molecular formula is C68H123MgN5O8. The Hall–Kier alpha value is -2.00. The van der Waals surface area contributed by atoms with Gasteiger partial charge in [-0.15, -0.1) is 0 Å². The van der Waals surface area contributed by atoms with E-state index >= 15 is 0 Å². The lowest BCUT2D eigenvalue weighted by Crippen LogP contribution is -2.51. The van der Waals surface area contributed by atoms with Gasteiger partial charge in [0.15, 0.2) is 0 Å². The molecule has 0 aromatic rings. The van der Waals surface area contributed by atoms with E-state index in [2.05, 4.69) is 35.5 Å². The van der Waals surface area contributed by atoms with Crippen LogP contribution in [0.4, 0.5) is 0 Å². The minimum atomic E-state index is -0.581. The zero-order valence-electron chi connectivity index (χ0n) is 53.7. The Morgan fingerprint density at radius 2 is 0.573 bits per heavy atom. The first kappa shape index (κ1) is 72.5. The molecule has 14 heteroatoms. The van der Waals surface area contributed by atoms with Gasteiger partial charge in [0.2, 0.25) is 29.5 Å². The number of nitrogens with zero attached hydrogens (tertiary/aromatic N) is 5. The van der Waals surface area contributed by atoms with Crippen LogP contribution < -0.4 is 0 Å². The molecule has 0 N–H and O–H groups in total. The van der Waals surface area contributed by atoms with Gasteiger partial charge in [0.05, 0.1) is 19.8 Å². The highest BCUT2D eigenvalue weighted by Gasteiger charge is 2.38. The van der Waals surface area contributed by atoms with Gasteiger partial charge < -0.3 is 38.7 Å². The lowest BCUT2D eigenvalue weighted by atomic mass is 9.87. The van der Waals surface area contributed by atoms with E-state index in [1.54, 1.807) is 9.80 Å². The van der Waals surface area contributed by atoms with Crippen molar-refractivity contribution in [3.05, 3.63) is 0 Å². The molecule has 6 rings (SSSR count). The number of hydrogen-bond donors (Lipinski definition) is 0. The van der Waals surface area contributed by atoms with Crippen molar-refractivity contribution in [2.45, 2.75) is 333 Å². The summed E-state index contributed by atoms with van der Waals surface area (Å²) in [6.45, 7) is 9.21. The van der Waals surface area contributed by atoms with E-state index < -0.39 is 5.41 Å². The van der Waals surface area contributed by atoms with Crippen molar-refractivity contribution in [1.82, 2.24) is 24.5 Å². The van der Waals surface area contributed by atoms with E-state index in [4.69, 9.17) is 14.2 Å². The van der Waals surface area contributed by atoms with Crippen LogP contribution in [0, 0.1) is 5.41 Å². The molecule has 0 heterocycles. The molecule has 0 aromatic carbocycles. The predicted molar refractivity (Wildman–Crippen MR) is 335 cm³/mol. The van der Waals surface area contributed by atoms with Gasteiger partial charge in [-0.1, -0.05) is 188 Å². The molecular weight excluding hydrogens is 1040 g/mol. The Morgan fingerprint density at radius 3 is 0.793 bits per heavy atom. The summed E-state index contributed by atoms with van der Waals surface area (Å²) >= 11 is 0. The van der Waals surface area contributed by atoms with Gasteiger partial charge in [0.1, 0.15) is 19.8 Å². The molecule has 0 bridgehead atoms. The maximum absolute atomic E-state index is 14.1. The summed E-state index contributed by atoms with van der Waals surface area (Å²) in [7, 11) is 3.70. The number of hydrogen-bond acceptors (Lipinski definition) is 8. The minimum absolute atomic E-state index is 0. The van der Waals surface area contributed by atoms with Crippen LogP contribution in [0.1, 0.15) is 297 Å². The van der Waals surface area contributed by atoms with Crippen molar-refractivity contribution < 1.29 is 38.2 Å². The third-order valence-electron chi connectivity index (χ3n) is 19.9. The van der Waals surface area contributed by atoms with Crippen LogP contribution in [-0.2, 0) is 38.2 Å². The quantitative estimate of drug-likeness (QED) is 0.0460. The number of amides is 5. The van der Waals surface area contributed by atoms with E-state index in [0.717, 1.165) is 103 Å². The van der Waals surface area contributed by atoms with Gasteiger partial charge in [-0.25, -0.2) is 0 Å². The molecule has 6 aliphatic rings. The van der Waals surface area contributed by atoms with Gasteiger partial charge >= 0.3 is 0 Å². The van der Waals surface area contributed by atoms with Gasteiger partial charge in [0, 0.05) is 105 Å². The fraction of sp³-hybridized carbons (Fsp3) is 0.926. The fourth-order valence-electron chi connectivity index (χ4n) is 14.7. The molecule has 82 heavy (non-hydrogen) atoms. The third kappa shape index (κ3) is 26.1. The van der Waals surface area contributed by atoms with Gasteiger partial charge in [-0.05, 0) is 96.3 Å². The highest BCUT2D eigenvalue weighted by atomic mass is 24.3. The average Bonchev–Trinajstić information content (AvgIpc) is 3.50. The lowest BCUT2D eigenvalue weighted by molar-refractivity contribution is -0.151. The number of ether oxygens (including phenoxy) is 3. The van der Waals surface area contributed by atoms with Crippen molar-refractivity contribution in [1.29, 1.82) is 0 Å². The second-order valence-corrected chi connectivity index (χ2v) is 26.4. The fourth-order valence-corrected chi connectivity index (χ4v) is 14.7. The van der Waals surface area contributed by atoms with Crippen LogP contribution in [0.5, 0.6) is 0 Å². The summed E-state index contributed by atoms with van der Waals surface area (Å²) in [5.41, 5.74) is -0.581. The molecule has 470 valence electrons. The largest absolute Gasteiger partial charge is 0.371 e. The molecule has 2 radical (unpaired) electrons. The first-order valence-electron chi connectivity index (χ1n) is 34.6. The Morgan fingerprint density at radius 1 is 0.341 bits per heavy atom. The summed E-state index contributed by atoms with van der Waals surface area (Å²) in [5.74, 6) is 0.553. The van der Waals surface area contributed by atoms with Crippen molar-refractivity contribution in [2.24, 2.45) is 5.41 Å². The van der Waals surface area contributed by atoms with Crippen LogP contribution in [0.3, 0.4) is 0 Å². The summed E-state index contributed by atoms with van der Waals surface area (Å²) < 4.78 is 19.4. The zero-order chi connectivity index (χ0) is 57.9. The van der Waals surface area contributed by atoms with Crippen molar-refractivity contribution in [2.75, 3.05) is 66.8 Å². The van der Waals surface area contributed by atoms with Gasteiger partial charge in [0.25, 0.3) is 0 Å². The second-order valence-electron chi connectivity index (χ2n) is 26.4. The summed E-state index contributed by atoms with van der Waals surface area (Å²) in [6, 6.07) is 1.95. The Bertz CT molecular complexity index is 1490. The first-order valence-corrected chi connectivity index (χ1v) is 34.6. The monoisotopic (exact) mass is 1160 g/mol. The molecule has 0 atom stereocenters. The van der Waals surface area contributed by atoms with Crippen molar-refractivity contribution in [3.8, 4) is 0 Å². The Labute approximate surface area is 517 Å². The van der Waals surface area contributed by atoms with Gasteiger partial charge in [-0.2, -0.15) is 0 Å². The molecule has 6 fully saturated rings. The Kier molecular flexibility index (Phi) is 37.8. The van der Waals surface area contributed by atoms with E-state index in [9.17, 15) is 24.0 Å². The van der Waals surface area contributed by atoms with Crippen LogP contribution in [0.15, 0.2) is 0 Å². The molecule has 0 aliphatic heterocycles. The maximum Gasteiger partial charge on any atom is 0.249 e. The third-order valence-corrected chi connectivity index (χ3v) is 19.9. The molecule has 0 saturated heterocycles. The van der Waals surface area contributed by atoms with Crippen LogP contribution in [0.2, 0.25) is 0 Å². The summed E-state index contributed by atoms with van der Waals surface area (Å²) in [4.78, 5) is 76.8. The SMILES string of the molecule is CCC(COCC(=O)N(C1CCCCC1)C1CCCCC1)(COCC(=O)N(C1CCCCC1)C1CCCCC1)COCC(=O)N(C1CCCCC1)C1CCCCC1.CCCCCCCN(C)C(=O)CCC(=O)N(C)CCCCCCC.[Mg]. The lowest BCUT2D eigenvalue weighted by Gasteiger charge is -2.42. The standard InChI is InChI=1S/C48H83N3O6.C20H40N2O2.Mg/c1-2-48(36-55-33-45(52)49(39-21-9-3-10-22-39)40-23-11-4-12-24-40,37-56-34-46(53)50(41-25-13-5-14-26-41)42-27-15-6-16-28-42)38-57-35-47(54)51(43-29-17-7-18-30-43)44-31-19-8-20-32-44;1-5-7-9-11-13-17-21(3)19(23)15-16-20(24)22(4)18-14-12-10-8-6-2;/h39-44H,2-38H2,1H3;5-18H2,1-4H3;. The van der Waals surface area contributed by atoms with Crippen LogP contribution in [0.25, 0.3) is 0 Å². The highest BCUT2D eigenvalue weighted by molar-refractivity contribution is 5.83. The predicted octanol–water partition coefficient (Wildman–Crippen LogP) is 14.2. The molecule has 0 unspecified atom stereocenters. The summed E-state index contributed by atoms with van der Waals surface area (Å²) in [6.07, 6.45) is 48.6. The van der Waals surface area contributed by atoms with Gasteiger partial charge in [-0.3, -0.25) is 24.0 Å². The number of unbranched alkanes of at least 4 members (excludes halogenated alkanes) is 8. The van der Waals surface area contributed by atoms with E-state index in [1.807, 2.05) is 14.1 Å². The Balaban J connectivity index is 0.000000489. The second kappa shape index (κ2) is 42.8. The number of rotatable bonds is 34. The van der Waals surface area contributed by atoms with Crippen LogP contribution in [-0.4, -0.2) is 180 Å². The normalized spacial score (nSPS) is 19.3. The number of carbonyl (C=O) groups excluding carboxylic acids is 5. The van der Waals surface area contributed by atoms with E-state index in [0.29, 0.717) is 75.3 Å². The average molecular weight is 1160 g/mol. The molecule has 13 nitrogen and oxygen atoms in total. The smallest absolute Gasteiger partial charge is 0.249 e. The molecule has 0 aromatic heterocycles. The highest BCUT2D eigenvalue weighted by Crippen LogP contribution is 2.34. The molecule has 0 spiro atoms. The van der Waals surface area contributed by atoms with Crippen molar-refractivity contribution in [3.63, 3.8) is 0 Å². The van der Waals surface area contributed by atoms with Crippen LogP contribution >= 0.6 is 0 Å². The molecule has 6 aliphatic carbocycles. The van der Waals surface area contributed by atoms with E-state index in [-0.39, 0.29) is 72.4 Å². The minimum Gasteiger partial charge on any atom is -0.371 e.